The Hall–Kier alpha value is -5.97. The van der Waals surface area contributed by atoms with E-state index in [2.05, 4.69) is 47.5 Å². The number of carbonyl (C=O) groups is 3. The van der Waals surface area contributed by atoms with Crippen molar-refractivity contribution in [1.29, 1.82) is 0 Å². The summed E-state index contributed by atoms with van der Waals surface area (Å²) in [6.07, 6.45) is 7.55. The minimum Gasteiger partial charge on any atom is -0.378 e. The number of para-hydroxylation sites is 1. The molecule has 3 amide bonds. The molecule has 17 nitrogen and oxygen atoms in total. The maximum Gasteiger partial charge on any atom is 0.329 e. The molecule has 3 aliphatic heterocycles. The van der Waals surface area contributed by atoms with Crippen LogP contribution in [0.3, 0.4) is 0 Å². The topological polar surface area (TPSA) is 175 Å². The number of piperidine rings is 2. The fourth-order valence-electron chi connectivity index (χ4n) is 9.30. The summed E-state index contributed by atoms with van der Waals surface area (Å²) < 4.78 is 46.1. The first kappa shape index (κ1) is 41.4. The summed E-state index contributed by atoms with van der Waals surface area (Å²) in [5.74, 6) is 6.06. The van der Waals surface area contributed by atoms with E-state index in [1.165, 1.54) is 26.0 Å². The molecule has 1 saturated carbocycles. The van der Waals surface area contributed by atoms with E-state index in [-0.39, 0.29) is 54.4 Å². The van der Waals surface area contributed by atoms with Crippen LogP contribution in [0, 0.1) is 17.8 Å². The van der Waals surface area contributed by atoms with Crippen LogP contribution in [0.2, 0.25) is 0 Å². The highest BCUT2D eigenvalue weighted by Crippen LogP contribution is 2.36. The molecule has 62 heavy (non-hydrogen) atoms. The SMILES string of the molecule is Cn1c(=O)n(C2CCC(=O)NC2=O)c2cccc(C#CCOC3CCN(CC4CCC(n5cc(NC(=O)c6cnn7ccc(N8CCOCC8)nc67)c(C(F)F)n5)CC4)CC3)c21. The van der Waals surface area contributed by atoms with Crippen LogP contribution >= 0.6 is 0 Å². The Morgan fingerprint density at radius 3 is 2.58 bits per heavy atom. The number of rotatable bonds is 10. The fourth-order valence-corrected chi connectivity index (χ4v) is 9.30. The average molecular weight is 854 g/mol. The molecule has 0 bridgehead atoms. The monoisotopic (exact) mass is 853 g/mol. The molecular formula is C43H49F2N11O6. The second-order valence-electron chi connectivity index (χ2n) is 16.5. The van der Waals surface area contributed by atoms with Crippen molar-refractivity contribution in [1.82, 2.24) is 43.7 Å². The second-order valence-corrected chi connectivity index (χ2v) is 16.5. The zero-order valence-corrected chi connectivity index (χ0v) is 34.5. The van der Waals surface area contributed by atoms with Crippen LogP contribution in [0.15, 0.2) is 47.7 Å². The third-order valence-electron chi connectivity index (χ3n) is 12.6. The van der Waals surface area contributed by atoms with Crippen molar-refractivity contribution in [3.05, 3.63) is 70.2 Å². The normalized spacial score (nSPS) is 21.7. The van der Waals surface area contributed by atoms with Crippen molar-refractivity contribution in [2.75, 3.05) is 62.8 Å². The smallest absolute Gasteiger partial charge is 0.329 e. The number of halogens is 2. The Labute approximate surface area is 355 Å². The van der Waals surface area contributed by atoms with Crippen molar-refractivity contribution in [3.8, 4) is 11.8 Å². The summed E-state index contributed by atoms with van der Waals surface area (Å²) in [5.41, 5.74) is 1.58. The standard InChI is InChI=1S/C43H49F2N11O6/c1-51-38-28(4-2-6-33(38)56(43(51)60)34-11-12-36(57)49-42(34)59)5-3-21-62-30-13-16-52(17-14-30)25-27-7-9-29(10-8-27)55-26-32(37(50-55)39(44)45)47-41(58)31-24-46-54-18-15-35(48-40(31)54)53-19-22-61-23-20-53/h2,4,6,15,18,24,26-27,29-30,34,39H,7-14,16-17,19-23,25H2,1H3,(H,47,58)(H,49,57,59). The Bertz CT molecular complexity index is 2600. The van der Waals surface area contributed by atoms with Gasteiger partial charge in [-0.1, -0.05) is 17.9 Å². The molecule has 0 spiro atoms. The number of aryl methyl sites for hydroxylation is 1. The zero-order valence-electron chi connectivity index (χ0n) is 34.5. The van der Waals surface area contributed by atoms with Crippen molar-refractivity contribution < 1.29 is 32.6 Å². The van der Waals surface area contributed by atoms with E-state index >= 15 is 0 Å². The van der Waals surface area contributed by atoms with Gasteiger partial charge in [0.05, 0.1) is 53.8 Å². The van der Waals surface area contributed by atoms with Crippen LogP contribution in [0.4, 0.5) is 20.3 Å². The quantitative estimate of drug-likeness (QED) is 0.154. The minimum absolute atomic E-state index is 0.0158. The Morgan fingerprint density at radius 1 is 1.03 bits per heavy atom. The van der Waals surface area contributed by atoms with Gasteiger partial charge < -0.3 is 24.6 Å². The van der Waals surface area contributed by atoms with Gasteiger partial charge in [-0.3, -0.25) is 33.5 Å². The number of benzene rings is 1. The molecule has 3 saturated heterocycles. The fraction of sp³-hybridized carbons (Fsp3) is 0.512. The van der Waals surface area contributed by atoms with Gasteiger partial charge >= 0.3 is 5.69 Å². The summed E-state index contributed by atoms with van der Waals surface area (Å²) in [6.45, 7) is 5.53. The number of imide groups is 1. The Balaban J connectivity index is 0.748. The number of imidazole rings is 1. The van der Waals surface area contributed by atoms with Gasteiger partial charge in [-0.05, 0) is 69.1 Å². The highest BCUT2D eigenvalue weighted by molar-refractivity contribution is 6.08. The van der Waals surface area contributed by atoms with Crippen LogP contribution in [0.5, 0.6) is 0 Å². The predicted molar refractivity (Wildman–Crippen MR) is 223 cm³/mol. The first-order chi connectivity index (χ1) is 30.1. The molecule has 4 fully saturated rings. The van der Waals surface area contributed by atoms with Gasteiger partial charge in [0.15, 0.2) is 11.3 Å². The molecule has 4 aromatic heterocycles. The summed E-state index contributed by atoms with van der Waals surface area (Å²) in [6, 6.07) is 6.45. The number of amides is 3. The lowest BCUT2D eigenvalue weighted by molar-refractivity contribution is -0.135. The lowest BCUT2D eigenvalue weighted by Crippen LogP contribution is -2.44. The molecule has 4 aliphatic rings. The number of hydrogen-bond donors (Lipinski definition) is 2. The summed E-state index contributed by atoms with van der Waals surface area (Å²) in [5, 5.41) is 13.5. The van der Waals surface area contributed by atoms with Crippen LogP contribution < -0.4 is 21.2 Å². The highest BCUT2D eigenvalue weighted by atomic mass is 19.3. The number of anilines is 2. The van der Waals surface area contributed by atoms with E-state index in [1.807, 2.05) is 12.1 Å². The molecule has 5 aromatic rings. The van der Waals surface area contributed by atoms with Gasteiger partial charge in [0, 0.05) is 58.6 Å². The molecule has 7 heterocycles. The van der Waals surface area contributed by atoms with Crippen LogP contribution in [-0.4, -0.2) is 115 Å². The lowest BCUT2D eigenvalue weighted by atomic mass is 9.85. The van der Waals surface area contributed by atoms with Gasteiger partial charge in [0.2, 0.25) is 11.8 Å². The van der Waals surface area contributed by atoms with Gasteiger partial charge in [-0.25, -0.2) is 23.1 Å². The summed E-state index contributed by atoms with van der Waals surface area (Å²) in [4.78, 5) is 60.2. The summed E-state index contributed by atoms with van der Waals surface area (Å²) in [7, 11) is 1.66. The van der Waals surface area contributed by atoms with Crippen molar-refractivity contribution in [2.24, 2.45) is 13.0 Å². The largest absolute Gasteiger partial charge is 0.378 e. The van der Waals surface area contributed by atoms with E-state index in [9.17, 15) is 28.0 Å². The van der Waals surface area contributed by atoms with E-state index in [0.717, 1.165) is 58.2 Å². The summed E-state index contributed by atoms with van der Waals surface area (Å²) >= 11 is 0. The second kappa shape index (κ2) is 17.8. The van der Waals surface area contributed by atoms with Gasteiger partial charge in [-0.15, -0.1) is 0 Å². The molecule has 2 N–H and O–H groups in total. The number of ether oxygens (including phenoxy) is 2. The number of carbonyl (C=O) groups excluding carboxylic acids is 3. The highest BCUT2D eigenvalue weighted by Gasteiger charge is 2.32. The van der Waals surface area contributed by atoms with Crippen molar-refractivity contribution in [2.45, 2.75) is 76.0 Å². The third-order valence-corrected chi connectivity index (χ3v) is 12.6. The van der Waals surface area contributed by atoms with E-state index in [4.69, 9.17) is 9.47 Å². The molecular weight excluding hydrogens is 805 g/mol. The number of hydrogen-bond acceptors (Lipinski definition) is 11. The third kappa shape index (κ3) is 8.46. The Kier molecular flexibility index (Phi) is 11.9. The van der Waals surface area contributed by atoms with Crippen LogP contribution in [0.1, 0.15) is 91.5 Å². The predicted octanol–water partition coefficient (Wildman–Crippen LogP) is 3.85. The van der Waals surface area contributed by atoms with E-state index in [0.29, 0.717) is 60.3 Å². The first-order valence-electron chi connectivity index (χ1n) is 21.3. The van der Waals surface area contributed by atoms with Crippen LogP contribution in [0.25, 0.3) is 16.7 Å². The zero-order chi connectivity index (χ0) is 42.9. The number of alkyl halides is 2. The molecule has 0 radical (unpaired) electrons. The molecule has 9 rings (SSSR count). The molecule has 1 atom stereocenters. The maximum absolute atomic E-state index is 14.2. The number of likely N-dealkylation sites (tertiary alicyclic amines) is 1. The number of nitrogens with zero attached hydrogens (tertiary/aromatic N) is 9. The molecule has 1 aromatic carbocycles. The number of aromatic nitrogens is 7. The number of morpholine rings is 1. The first-order valence-corrected chi connectivity index (χ1v) is 21.3. The Morgan fingerprint density at radius 2 is 1.82 bits per heavy atom. The molecule has 326 valence electrons. The lowest BCUT2D eigenvalue weighted by Gasteiger charge is -2.36. The van der Waals surface area contributed by atoms with E-state index in [1.54, 1.807) is 30.1 Å². The number of nitrogens with one attached hydrogen (secondary N) is 2. The molecule has 1 unspecified atom stereocenters. The van der Waals surface area contributed by atoms with Gasteiger partial charge in [0.25, 0.3) is 12.3 Å². The van der Waals surface area contributed by atoms with Gasteiger partial charge in [0.1, 0.15) is 24.0 Å². The van der Waals surface area contributed by atoms with Crippen molar-refractivity contribution in [3.63, 3.8) is 0 Å². The molecule has 19 heteroatoms. The number of fused-ring (bicyclic) bond motifs is 2. The minimum atomic E-state index is -2.87. The molecule has 1 aliphatic carbocycles. The van der Waals surface area contributed by atoms with Crippen LogP contribution in [-0.2, 0) is 26.1 Å². The average Bonchev–Trinajstić information content (AvgIpc) is 3.98. The van der Waals surface area contributed by atoms with E-state index < -0.39 is 30.0 Å². The van der Waals surface area contributed by atoms with Crippen molar-refractivity contribution >= 4 is 45.9 Å². The van der Waals surface area contributed by atoms with Gasteiger partial charge in [-0.2, -0.15) is 10.2 Å². The maximum atomic E-state index is 14.2.